The van der Waals surface area contributed by atoms with Gasteiger partial charge in [0, 0.05) is 16.6 Å². The first-order chi connectivity index (χ1) is 8.13. The van der Waals surface area contributed by atoms with Crippen LogP contribution in [0.2, 0.25) is 0 Å². The zero-order valence-corrected chi connectivity index (χ0v) is 9.68. The van der Waals surface area contributed by atoms with Crippen molar-refractivity contribution in [2.75, 3.05) is 7.11 Å². The highest BCUT2D eigenvalue weighted by Crippen LogP contribution is 2.22. The van der Waals surface area contributed by atoms with Gasteiger partial charge in [-0.1, -0.05) is 18.2 Å². The molecule has 0 aliphatic rings. The summed E-state index contributed by atoms with van der Waals surface area (Å²) in [6.07, 6.45) is -1.28. The van der Waals surface area contributed by atoms with Crippen LogP contribution in [0.3, 0.4) is 0 Å². The van der Waals surface area contributed by atoms with Gasteiger partial charge in [-0.2, -0.15) is 0 Å². The lowest BCUT2D eigenvalue weighted by molar-refractivity contribution is -0.150. The molecule has 2 rings (SSSR count). The molecule has 88 valence electrons. The molecule has 0 amide bonds. The molecule has 0 saturated heterocycles. The number of nitrogens with zero attached hydrogens (tertiary/aromatic N) is 1. The van der Waals surface area contributed by atoms with E-state index in [1.807, 2.05) is 24.3 Å². The predicted octanol–water partition coefficient (Wildman–Crippen LogP) is 1.75. The molecule has 0 bridgehead atoms. The molecule has 0 radical (unpaired) electrons. The summed E-state index contributed by atoms with van der Waals surface area (Å²) in [7, 11) is 1.25. The number of ether oxygens (including phenoxy) is 1. The number of rotatable bonds is 2. The second-order valence-electron chi connectivity index (χ2n) is 3.78. The zero-order valence-electron chi connectivity index (χ0n) is 9.68. The summed E-state index contributed by atoms with van der Waals surface area (Å²) in [5, 5.41) is 10.7. The highest BCUT2D eigenvalue weighted by molar-refractivity contribution is 5.82. The molecule has 0 saturated carbocycles. The van der Waals surface area contributed by atoms with Crippen molar-refractivity contribution in [3.05, 3.63) is 41.6 Å². The smallest absolute Gasteiger partial charge is 0.339 e. The van der Waals surface area contributed by atoms with Crippen molar-refractivity contribution >= 4 is 16.9 Å². The molecular weight excluding hydrogens is 218 g/mol. The molecule has 4 nitrogen and oxygen atoms in total. The minimum Gasteiger partial charge on any atom is -0.467 e. The normalized spacial score (nSPS) is 12.4. The molecule has 1 N–H and O–H groups in total. The molecule has 1 heterocycles. The lowest BCUT2D eigenvalue weighted by Crippen LogP contribution is -2.15. The Labute approximate surface area is 98.9 Å². The number of esters is 1. The van der Waals surface area contributed by atoms with Crippen molar-refractivity contribution < 1.29 is 14.6 Å². The van der Waals surface area contributed by atoms with Gasteiger partial charge in [0.15, 0.2) is 6.10 Å². The Bertz CT molecular complexity index is 566. The van der Waals surface area contributed by atoms with Gasteiger partial charge in [-0.25, -0.2) is 4.79 Å². The van der Waals surface area contributed by atoms with Gasteiger partial charge >= 0.3 is 5.97 Å². The average Bonchev–Trinajstić information content (AvgIpc) is 2.36. The molecule has 17 heavy (non-hydrogen) atoms. The van der Waals surface area contributed by atoms with Crippen molar-refractivity contribution in [2.45, 2.75) is 13.0 Å². The number of aliphatic hydroxyl groups is 1. The molecule has 2 aromatic rings. The van der Waals surface area contributed by atoms with E-state index in [1.165, 1.54) is 7.11 Å². The van der Waals surface area contributed by atoms with Gasteiger partial charge in [0.1, 0.15) is 0 Å². The lowest BCUT2D eigenvalue weighted by atomic mass is 10.0. The summed E-state index contributed by atoms with van der Waals surface area (Å²) in [4.78, 5) is 15.6. The Morgan fingerprint density at radius 2 is 2.12 bits per heavy atom. The molecule has 0 fully saturated rings. The van der Waals surface area contributed by atoms with Crippen molar-refractivity contribution in [3.63, 3.8) is 0 Å². The number of benzene rings is 1. The number of carbonyl (C=O) groups is 1. The van der Waals surface area contributed by atoms with E-state index in [-0.39, 0.29) is 0 Å². The van der Waals surface area contributed by atoms with Crippen LogP contribution in [0.5, 0.6) is 0 Å². The average molecular weight is 231 g/mol. The maximum atomic E-state index is 11.3. The first-order valence-corrected chi connectivity index (χ1v) is 5.25. The van der Waals surface area contributed by atoms with Crippen LogP contribution < -0.4 is 0 Å². The molecule has 1 atom stereocenters. The fourth-order valence-corrected chi connectivity index (χ4v) is 1.74. The monoisotopic (exact) mass is 231 g/mol. The minimum absolute atomic E-state index is 0.482. The zero-order chi connectivity index (χ0) is 12.4. The number of aliphatic hydroxyl groups excluding tert-OH is 1. The van der Waals surface area contributed by atoms with Crippen molar-refractivity contribution in [1.82, 2.24) is 4.98 Å². The molecule has 1 aromatic heterocycles. The van der Waals surface area contributed by atoms with Gasteiger partial charge in [-0.05, 0) is 19.1 Å². The van der Waals surface area contributed by atoms with Gasteiger partial charge in [0.05, 0.1) is 12.6 Å². The number of para-hydroxylation sites is 1. The lowest BCUT2D eigenvalue weighted by Gasteiger charge is -2.12. The van der Waals surface area contributed by atoms with Gasteiger partial charge in [0.25, 0.3) is 0 Å². The fourth-order valence-electron chi connectivity index (χ4n) is 1.74. The Hall–Kier alpha value is -1.94. The molecule has 0 aliphatic heterocycles. The quantitative estimate of drug-likeness (QED) is 0.800. The molecule has 0 aliphatic carbocycles. The standard InChI is InChI=1S/C13H13NO3/c1-8-10(12(15)13(16)17-2)7-9-5-3-4-6-11(9)14-8/h3-7,12,15H,1-2H3/t12-/m0/s1. The summed E-state index contributed by atoms with van der Waals surface area (Å²) in [6.45, 7) is 1.76. The van der Waals surface area contributed by atoms with E-state index in [4.69, 9.17) is 0 Å². The number of fused-ring (bicyclic) bond motifs is 1. The topological polar surface area (TPSA) is 59.4 Å². The number of aromatic nitrogens is 1. The second kappa shape index (κ2) is 4.51. The SMILES string of the molecule is COC(=O)[C@@H](O)c1cc2ccccc2nc1C. The van der Waals surface area contributed by atoms with E-state index in [1.54, 1.807) is 13.0 Å². The Kier molecular flexibility index (Phi) is 3.06. The molecule has 1 aromatic carbocycles. The Morgan fingerprint density at radius 1 is 1.41 bits per heavy atom. The third-order valence-electron chi connectivity index (χ3n) is 2.67. The number of methoxy groups -OCH3 is 1. The summed E-state index contributed by atoms with van der Waals surface area (Å²) >= 11 is 0. The third kappa shape index (κ3) is 2.12. The van der Waals surface area contributed by atoms with Crippen molar-refractivity contribution in [2.24, 2.45) is 0 Å². The van der Waals surface area contributed by atoms with Gasteiger partial charge < -0.3 is 9.84 Å². The molecule has 0 unspecified atom stereocenters. The van der Waals surface area contributed by atoms with Crippen molar-refractivity contribution in [1.29, 1.82) is 0 Å². The summed E-state index contributed by atoms with van der Waals surface area (Å²) in [5.74, 6) is -0.676. The highest BCUT2D eigenvalue weighted by atomic mass is 16.5. The van der Waals surface area contributed by atoms with Crippen LogP contribution in [0.1, 0.15) is 17.4 Å². The number of hydrogen-bond donors (Lipinski definition) is 1. The van der Waals surface area contributed by atoms with Crippen LogP contribution in [-0.4, -0.2) is 23.2 Å². The Morgan fingerprint density at radius 3 is 2.82 bits per heavy atom. The van der Waals surface area contributed by atoms with E-state index in [2.05, 4.69) is 9.72 Å². The van der Waals surface area contributed by atoms with Crippen molar-refractivity contribution in [3.8, 4) is 0 Å². The van der Waals surface area contributed by atoms with E-state index >= 15 is 0 Å². The predicted molar refractivity (Wildman–Crippen MR) is 63.5 cm³/mol. The van der Waals surface area contributed by atoms with Crippen LogP contribution in [0, 0.1) is 6.92 Å². The van der Waals surface area contributed by atoms with E-state index in [0.717, 1.165) is 10.9 Å². The summed E-state index contributed by atoms with van der Waals surface area (Å²) < 4.78 is 4.52. The van der Waals surface area contributed by atoms with Gasteiger partial charge in [-0.3, -0.25) is 4.98 Å². The Balaban J connectivity index is 2.54. The van der Waals surface area contributed by atoms with Gasteiger partial charge in [0.2, 0.25) is 0 Å². The summed E-state index contributed by atoms with van der Waals surface area (Å²) in [5.41, 5.74) is 1.95. The van der Waals surface area contributed by atoms with E-state index < -0.39 is 12.1 Å². The third-order valence-corrected chi connectivity index (χ3v) is 2.67. The van der Waals surface area contributed by atoms with E-state index in [0.29, 0.717) is 11.3 Å². The maximum Gasteiger partial charge on any atom is 0.339 e. The van der Waals surface area contributed by atoms with Crippen LogP contribution in [0.15, 0.2) is 30.3 Å². The summed E-state index contributed by atoms with van der Waals surface area (Å²) in [6, 6.07) is 9.31. The first kappa shape index (κ1) is 11.5. The minimum atomic E-state index is -1.28. The maximum absolute atomic E-state index is 11.3. The van der Waals surface area contributed by atoms with Gasteiger partial charge in [-0.15, -0.1) is 0 Å². The molecule has 4 heteroatoms. The molecule has 0 spiro atoms. The first-order valence-electron chi connectivity index (χ1n) is 5.25. The highest BCUT2D eigenvalue weighted by Gasteiger charge is 2.20. The molecular formula is C13H13NO3. The van der Waals surface area contributed by atoms with Crippen LogP contribution >= 0.6 is 0 Å². The second-order valence-corrected chi connectivity index (χ2v) is 3.78. The number of hydrogen-bond acceptors (Lipinski definition) is 4. The fraction of sp³-hybridized carbons (Fsp3) is 0.231. The van der Waals surface area contributed by atoms with Crippen LogP contribution in [-0.2, 0) is 9.53 Å². The van der Waals surface area contributed by atoms with Crippen LogP contribution in [0.4, 0.5) is 0 Å². The largest absolute Gasteiger partial charge is 0.467 e. The number of aryl methyl sites for hydroxylation is 1. The van der Waals surface area contributed by atoms with E-state index in [9.17, 15) is 9.90 Å². The van der Waals surface area contributed by atoms with Crippen LogP contribution in [0.25, 0.3) is 10.9 Å². The number of pyridine rings is 1. The number of carbonyl (C=O) groups excluding carboxylic acids is 1.